The van der Waals surface area contributed by atoms with Gasteiger partial charge in [0.05, 0.1) is 19.2 Å². The Balaban J connectivity index is 1.45. The van der Waals surface area contributed by atoms with E-state index in [1.807, 2.05) is 24.6 Å². The van der Waals surface area contributed by atoms with Crippen LogP contribution in [0.4, 0.5) is 0 Å². The number of aliphatic imine (C=N–C) groups is 1. The highest BCUT2D eigenvalue weighted by Gasteiger charge is 2.59. The van der Waals surface area contributed by atoms with Crippen molar-refractivity contribution in [2.45, 2.75) is 64.8 Å². The molecule has 0 amide bonds. The predicted molar refractivity (Wildman–Crippen MR) is 113 cm³/mol. The first-order chi connectivity index (χ1) is 14.1. The molecule has 2 atom stereocenters. The van der Waals surface area contributed by atoms with Gasteiger partial charge in [-0.25, -0.2) is 4.99 Å². The second kappa shape index (κ2) is 8.53. The summed E-state index contributed by atoms with van der Waals surface area (Å²) in [6.07, 6.45) is 5.20. The number of ether oxygens (including phenoxy) is 1. The maximum Gasteiger partial charge on any atom is 0.192 e. The van der Waals surface area contributed by atoms with Crippen molar-refractivity contribution in [3.8, 4) is 0 Å². The van der Waals surface area contributed by atoms with Gasteiger partial charge < -0.3 is 19.9 Å². The first-order valence-electron chi connectivity index (χ1n) is 10.7. The van der Waals surface area contributed by atoms with Crippen LogP contribution in [0.5, 0.6) is 0 Å². The maximum atomic E-state index is 6.00. The third-order valence-electron chi connectivity index (χ3n) is 6.61. The van der Waals surface area contributed by atoms with Gasteiger partial charge in [0, 0.05) is 25.1 Å². The molecule has 2 unspecified atom stereocenters. The highest BCUT2D eigenvalue weighted by atomic mass is 16.5. The first-order valence-corrected chi connectivity index (χ1v) is 10.7. The summed E-state index contributed by atoms with van der Waals surface area (Å²) in [6, 6.07) is 10.8. The Bertz CT molecular complexity index is 842. The molecule has 2 N–H and O–H groups in total. The molecule has 2 aliphatic rings. The van der Waals surface area contributed by atoms with Crippen LogP contribution in [0.1, 0.15) is 49.8 Å². The number of nitrogens with one attached hydrogen (secondary N) is 2. The van der Waals surface area contributed by atoms with Gasteiger partial charge in [-0.05, 0) is 38.7 Å². The smallest absolute Gasteiger partial charge is 0.192 e. The molecule has 2 fully saturated rings. The average molecular weight is 397 g/mol. The van der Waals surface area contributed by atoms with Crippen LogP contribution in [0.25, 0.3) is 0 Å². The zero-order valence-corrected chi connectivity index (χ0v) is 17.7. The van der Waals surface area contributed by atoms with Gasteiger partial charge in [-0.15, -0.1) is 10.2 Å². The summed E-state index contributed by atoms with van der Waals surface area (Å²) in [5, 5.41) is 15.6. The molecule has 0 bridgehead atoms. The number of guanidine groups is 1. The molecule has 1 aromatic carbocycles. The van der Waals surface area contributed by atoms with Crippen molar-refractivity contribution < 1.29 is 4.74 Å². The van der Waals surface area contributed by atoms with Crippen LogP contribution in [0.3, 0.4) is 0 Å². The van der Waals surface area contributed by atoms with Crippen molar-refractivity contribution in [2.75, 3.05) is 6.61 Å². The Morgan fingerprint density at radius 3 is 2.69 bits per heavy atom. The van der Waals surface area contributed by atoms with E-state index < -0.39 is 0 Å². The molecule has 7 heteroatoms. The van der Waals surface area contributed by atoms with Gasteiger partial charge in [0.1, 0.15) is 5.82 Å². The van der Waals surface area contributed by atoms with E-state index in [9.17, 15) is 0 Å². The summed E-state index contributed by atoms with van der Waals surface area (Å²) in [6.45, 7) is 6.07. The number of benzene rings is 1. The molecule has 2 aliphatic carbocycles. The van der Waals surface area contributed by atoms with E-state index >= 15 is 0 Å². The number of aromatic nitrogens is 3. The fourth-order valence-corrected chi connectivity index (χ4v) is 4.48. The van der Waals surface area contributed by atoms with Crippen molar-refractivity contribution in [3.05, 3.63) is 47.5 Å². The molecule has 0 aliphatic heterocycles. The fourth-order valence-electron chi connectivity index (χ4n) is 4.48. The lowest BCUT2D eigenvalue weighted by molar-refractivity contribution is -0.168. The standard InChI is InChI=1S/C22H32N6O/c1-4-29-19-13-18(22(19)11-8-12-22)25-21(23-14-17-9-6-5-7-10-17)24-15-20-27-26-16(2)28(20)3/h5-7,9-10,18-19H,4,8,11-15H2,1-3H3,(H2,23,24,25). The molecule has 1 spiro atoms. The molecular weight excluding hydrogens is 364 g/mol. The molecule has 1 aromatic heterocycles. The molecule has 156 valence electrons. The van der Waals surface area contributed by atoms with Crippen LogP contribution in [-0.4, -0.2) is 39.5 Å². The van der Waals surface area contributed by atoms with E-state index in [-0.39, 0.29) is 5.41 Å². The summed E-state index contributed by atoms with van der Waals surface area (Å²) < 4.78 is 8.01. The lowest BCUT2D eigenvalue weighted by atomic mass is 9.51. The Kier molecular flexibility index (Phi) is 5.85. The Labute approximate surface area is 173 Å². The van der Waals surface area contributed by atoms with E-state index in [1.54, 1.807) is 0 Å². The summed E-state index contributed by atoms with van der Waals surface area (Å²) in [5.41, 5.74) is 1.48. The van der Waals surface area contributed by atoms with Gasteiger partial charge >= 0.3 is 0 Å². The second-order valence-corrected chi connectivity index (χ2v) is 8.19. The van der Waals surface area contributed by atoms with Gasteiger partial charge in [0.15, 0.2) is 11.8 Å². The zero-order valence-electron chi connectivity index (χ0n) is 17.7. The van der Waals surface area contributed by atoms with E-state index in [0.717, 1.165) is 30.6 Å². The monoisotopic (exact) mass is 396 g/mol. The quantitative estimate of drug-likeness (QED) is 0.556. The van der Waals surface area contributed by atoms with Crippen LogP contribution in [0.2, 0.25) is 0 Å². The molecule has 7 nitrogen and oxygen atoms in total. The summed E-state index contributed by atoms with van der Waals surface area (Å²) >= 11 is 0. The van der Waals surface area contributed by atoms with E-state index in [0.29, 0.717) is 25.2 Å². The molecule has 29 heavy (non-hydrogen) atoms. The van der Waals surface area contributed by atoms with Gasteiger partial charge in [-0.2, -0.15) is 0 Å². The summed E-state index contributed by atoms with van der Waals surface area (Å²) in [4.78, 5) is 4.86. The van der Waals surface area contributed by atoms with Crippen LogP contribution < -0.4 is 10.6 Å². The minimum Gasteiger partial charge on any atom is -0.378 e. The molecule has 2 saturated carbocycles. The van der Waals surface area contributed by atoms with E-state index in [4.69, 9.17) is 9.73 Å². The van der Waals surface area contributed by atoms with Gasteiger partial charge in [0.2, 0.25) is 0 Å². The van der Waals surface area contributed by atoms with Crippen LogP contribution >= 0.6 is 0 Å². The highest BCUT2D eigenvalue weighted by molar-refractivity contribution is 5.80. The number of hydrogen-bond donors (Lipinski definition) is 2. The maximum absolute atomic E-state index is 6.00. The number of rotatable bonds is 7. The Morgan fingerprint density at radius 1 is 1.28 bits per heavy atom. The predicted octanol–water partition coefficient (Wildman–Crippen LogP) is 2.71. The molecule has 0 radical (unpaired) electrons. The first kappa shape index (κ1) is 19.9. The largest absolute Gasteiger partial charge is 0.378 e. The number of aryl methyl sites for hydroxylation is 1. The number of nitrogens with zero attached hydrogens (tertiary/aromatic N) is 4. The molecule has 1 heterocycles. The summed E-state index contributed by atoms with van der Waals surface area (Å²) in [7, 11) is 1.99. The van der Waals surface area contributed by atoms with Gasteiger partial charge in [-0.3, -0.25) is 0 Å². The minimum absolute atomic E-state index is 0.284. The third kappa shape index (κ3) is 4.01. The number of hydrogen-bond acceptors (Lipinski definition) is 4. The van der Waals surface area contributed by atoms with Crippen LogP contribution in [-0.2, 0) is 24.9 Å². The van der Waals surface area contributed by atoms with Crippen LogP contribution in [0, 0.1) is 12.3 Å². The highest BCUT2D eigenvalue weighted by Crippen LogP contribution is 2.57. The van der Waals surface area contributed by atoms with Crippen LogP contribution in [0.15, 0.2) is 35.3 Å². The Hall–Kier alpha value is -2.41. The van der Waals surface area contributed by atoms with E-state index in [1.165, 1.54) is 24.8 Å². The lowest BCUT2D eigenvalue weighted by Gasteiger charge is -2.61. The molecule has 4 rings (SSSR count). The molecular formula is C22H32N6O. The zero-order chi connectivity index (χ0) is 20.3. The Morgan fingerprint density at radius 2 is 2.07 bits per heavy atom. The topological polar surface area (TPSA) is 76.4 Å². The van der Waals surface area contributed by atoms with Crippen molar-refractivity contribution in [3.63, 3.8) is 0 Å². The van der Waals surface area contributed by atoms with Crippen molar-refractivity contribution in [2.24, 2.45) is 17.5 Å². The second-order valence-electron chi connectivity index (χ2n) is 8.19. The van der Waals surface area contributed by atoms with Gasteiger partial charge in [-0.1, -0.05) is 36.8 Å². The third-order valence-corrected chi connectivity index (χ3v) is 6.61. The molecule has 2 aromatic rings. The van der Waals surface area contributed by atoms with Gasteiger partial charge in [0.25, 0.3) is 0 Å². The SMILES string of the molecule is CCOC1CC(NC(=NCc2ccccc2)NCc2nnc(C)n2C)C12CCC2. The van der Waals surface area contributed by atoms with Crippen molar-refractivity contribution in [1.29, 1.82) is 0 Å². The fraction of sp³-hybridized carbons (Fsp3) is 0.591. The summed E-state index contributed by atoms with van der Waals surface area (Å²) in [5.74, 6) is 2.64. The average Bonchev–Trinajstić information content (AvgIpc) is 3.00. The normalized spacial score (nSPS) is 22.8. The van der Waals surface area contributed by atoms with Crippen molar-refractivity contribution in [1.82, 2.24) is 25.4 Å². The van der Waals surface area contributed by atoms with E-state index in [2.05, 4.69) is 52.0 Å². The minimum atomic E-state index is 0.284. The molecule has 0 saturated heterocycles. The lowest BCUT2D eigenvalue weighted by Crippen LogP contribution is -2.68. The van der Waals surface area contributed by atoms with Crippen molar-refractivity contribution >= 4 is 5.96 Å².